The lowest BCUT2D eigenvalue weighted by atomic mass is 10.2. The molecule has 22 heavy (non-hydrogen) atoms. The maximum absolute atomic E-state index is 13.4. The lowest BCUT2D eigenvalue weighted by Crippen LogP contribution is -2.09. The van der Waals surface area contributed by atoms with Gasteiger partial charge in [-0.2, -0.15) is 0 Å². The van der Waals surface area contributed by atoms with E-state index in [-0.39, 0.29) is 16.9 Å². The largest absolute Gasteiger partial charge is 0.494 e. The van der Waals surface area contributed by atoms with Gasteiger partial charge in [-0.05, 0) is 37.6 Å². The minimum Gasteiger partial charge on any atom is -0.494 e. The Hall–Kier alpha value is -2.43. The van der Waals surface area contributed by atoms with Gasteiger partial charge in [0.2, 0.25) is 0 Å². The van der Waals surface area contributed by atoms with Gasteiger partial charge in [0.1, 0.15) is 23.1 Å². The van der Waals surface area contributed by atoms with E-state index in [9.17, 15) is 13.6 Å². The summed E-state index contributed by atoms with van der Waals surface area (Å²) in [4.78, 5) is 11.9. The van der Waals surface area contributed by atoms with E-state index in [4.69, 9.17) is 9.47 Å². The van der Waals surface area contributed by atoms with E-state index in [0.717, 1.165) is 18.6 Å². The van der Waals surface area contributed by atoms with Crippen molar-refractivity contribution in [2.45, 2.75) is 20.3 Å². The first-order chi connectivity index (χ1) is 10.5. The van der Waals surface area contributed by atoms with E-state index in [0.29, 0.717) is 12.4 Å². The quantitative estimate of drug-likeness (QED) is 0.611. The van der Waals surface area contributed by atoms with Crippen molar-refractivity contribution in [1.82, 2.24) is 0 Å². The minimum absolute atomic E-state index is 0.114. The number of carbonyl (C=O) groups is 1. The highest BCUT2D eigenvalue weighted by atomic mass is 19.1. The van der Waals surface area contributed by atoms with Crippen molar-refractivity contribution in [3.8, 4) is 11.5 Å². The molecule has 5 heteroatoms. The number of halogens is 2. The zero-order valence-corrected chi connectivity index (χ0v) is 12.4. The maximum Gasteiger partial charge on any atom is 0.343 e. The predicted octanol–water partition coefficient (Wildman–Crippen LogP) is 4.28. The van der Waals surface area contributed by atoms with Crippen LogP contribution >= 0.6 is 0 Å². The first-order valence-electron chi connectivity index (χ1n) is 6.92. The SMILES string of the molecule is CCCOc1ccc(C(=O)Oc2cc(F)c(C)c(F)c2)cc1. The molecule has 0 unspecified atom stereocenters. The smallest absolute Gasteiger partial charge is 0.343 e. The molecule has 0 saturated carbocycles. The summed E-state index contributed by atoms with van der Waals surface area (Å²) in [7, 11) is 0. The summed E-state index contributed by atoms with van der Waals surface area (Å²) in [5.74, 6) is -1.73. The number of rotatable bonds is 5. The number of ether oxygens (including phenoxy) is 2. The fourth-order valence-electron chi connectivity index (χ4n) is 1.75. The standard InChI is InChI=1S/C17H16F2O3/c1-3-8-21-13-6-4-12(5-7-13)17(20)22-14-9-15(18)11(2)16(19)10-14/h4-7,9-10H,3,8H2,1-2H3. The van der Waals surface area contributed by atoms with Gasteiger partial charge in [-0.15, -0.1) is 0 Å². The van der Waals surface area contributed by atoms with Crippen molar-refractivity contribution in [2.75, 3.05) is 6.61 Å². The summed E-state index contributed by atoms with van der Waals surface area (Å²) in [6, 6.07) is 8.32. The Morgan fingerprint density at radius 3 is 2.18 bits per heavy atom. The predicted molar refractivity (Wildman–Crippen MR) is 78.3 cm³/mol. The number of carbonyl (C=O) groups excluding carboxylic acids is 1. The minimum atomic E-state index is -0.758. The fourth-order valence-corrected chi connectivity index (χ4v) is 1.75. The second-order valence-electron chi connectivity index (χ2n) is 4.77. The van der Waals surface area contributed by atoms with Crippen LogP contribution in [0.2, 0.25) is 0 Å². The van der Waals surface area contributed by atoms with Crippen molar-refractivity contribution in [3.63, 3.8) is 0 Å². The van der Waals surface area contributed by atoms with E-state index >= 15 is 0 Å². The topological polar surface area (TPSA) is 35.5 Å². The molecule has 2 aromatic rings. The molecule has 0 N–H and O–H groups in total. The van der Waals surface area contributed by atoms with Crippen LogP contribution in [0.4, 0.5) is 8.78 Å². The third kappa shape index (κ3) is 3.81. The van der Waals surface area contributed by atoms with Gasteiger partial charge >= 0.3 is 5.97 Å². The van der Waals surface area contributed by atoms with Crippen LogP contribution in [-0.4, -0.2) is 12.6 Å². The van der Waals surface area contributed by atoms with Crippen molar-refractivity contribution in [3.05, 3.63) is 59.2 Å². The van der Waals surface area contributed by atoms with Crippen LogP contribution in [0.1, 0.15) is 29.3 Å². The molecule has 0 fully saturated rings. The van der Waals surface area contributed by atoms with E-state index in [2.05, 4.69) is 0 Å². The summed E-state index contributed by atoms with van der Waals surface area (Å²) >= 11 is 0. The molecule has 2 rings (SSSR count). The molecule has 0 spiro atoms. The lowest BCUT2D eigenvalue weighted by molar-refractivity contribution is 0.0734. The zero-order chi connectivity index (χ0) is 16.1. The van der Waals surface area contributed by atoms with Crippen LogP contribution in [0.15, 0.2) is 36.4 Å². The lowest BCUT2D eigenvalue weighted by Gasteiger charge is -2.08. The molecular weight excluding hydrogens is 290 g/mol. The Balaban J connectivity index is 2.09. The van der Waals surface area contributed by atoms with Crippen LogP contribution in [-0.2, 0) is 0 Å². The number of esters is 1. The van der Waals surface area contributed by atoms with E-state index in [1.54, 1.807) is 12.1 Å². The molecule has 0 bridgehead atoms. The summed E-state index contributed by atoms with van der Waals surface area (Å²) in [6.07, 6.45) is 0.883. The summed E-state index contributed by atoms with van der Waals surface area (Å²) < 4.78 is 37.2. The first kappa shape index (κ1) is 15.9. The molecule has 0 aliphatic heterocycles. The van der Waals surface area contributed by atoms with Gasteiger partial charge in [0, 0.05) is 17.7 Å². The van der Waals surface area contributed by atoms with Crippen LogP contribution in [0.5, 0.6) is 11.5 Å². The van der Waals surface area contributed by atoms with E-state index in [1.807, 2.05) is 6.92 Å². The van der Waals surface area contributed by atoms with Gasteiger partial charge in [-0.1, -0.05) is 6.92 Å². The Morgan fingerprint density at radius 2 is 1.64 bits per heavy atom. The number of benzene rings is 2. The van der Waals surface area contributed by atoms with Crippen molar-refractivity contribution < 1.29 is 23.0 Å². The van der Waals surface area contributed by atoms with Crippen LogP contribution < -0.4 is 9.47 Å². The highest BCUT2D eigenvalue weighted by Crippen LogP contribution is 2.21. The van der Waals surface area contributed by atoms with Crippen molar-refractivity contribution >= 4 is 5.97 Å². The molecular formula is C17H16F2O3. The Bertz CT molecular complexity index is 643. The molecule has 0 aromatic heterocycles. The summed E-state index contributed by atoms with van der Waals surface area (Å²) in [5, 5.41) is 0. The molecule has 0 radical (unpaired) electrons. The Kier molecular flexibility index (Phi) is 5.09. The van der Waals surface area contributed by atoms with Crippen LogP contribution in [0.3, 0.4) is 0 Å². The highest BCUT2D eigenvalue weighted by Gasteiger charge is 2.13. The summed E-state index contributed by atoms with van der Waals surface area (Å²) in [6.45, 7) is 3.89. The third-order valence-corrected chi connectivity index (χ3v) is 3.03. The monoisotopic (exact) mass is 306 g/mol. The maximum atomic E-state index is 13.4. The van der Waals surface area contributed by atoms with Gasteiger partial charge in [0.15, 0.2) is 0 Å². The van der Waals surface area contributed by atoms with Crippen LogP contribution in [0.25, 0.3) is 0 Å². The molecule has 0 heterocycles. The average Bonchev–Trinajstić information content (AvgIpc) is 2.51. The fraction of sp³-hybridized carbons (Fsp3) is 0.235. The van der Waals surface area contributed by atoms with E-state index < -0.39 is 17.6 Å². The number of hydrogen-bond acceptors (Lipinski definition) is 3. The molecule has 3 nitrogen and oxygen atoms in total. The van der Waals surface area contributed by atoms with Gasteiger partial charge in [-0.3, -0.25) is 0 Å². The van der Waals surface area contributed by atoms with Gasteiger partial charge in [-0.25, -0.2) is 13.6 Å². The molecule has 2 aromatic carbocycles. The molecule has 116 valence electrons. The highest BCUT2D eigenvalue weighted by molar-refractivity contribution is 5.91. The second-order valence-corrected chi connectivity index (χ2v) is 4.77. The van der Waals surface area contributed by atoms with E-state index in [1.165, 1.54) is 19.1 Å². The van der Waals surface area contributed by atoms with Crippen molar-refractivity contribution in [1.29, 1.82) is 0 Å². The zero-order valence-electron chi connectivity index (χ0n) is 12.4. The van der Waals surface area contributed by atoms with Crippen molar-refractivity contribution in [2.24, 2.45) is 0 Å². The Labute approximate surface area is 127 Å². The summed E-state index contributed by atoms with van der Waals surface area (Å²) in [5.41, 5.74) is 0.155. The molecule has 0 atom stereocenters. The molecule has 0 aliphatic rings. The third-order valence-electron chi connectivity index (χ3n) is 3.03. The van der Waals surface area contributed by atoms with Gasteiger partial charge in [0.05, 0.1) is 12.2 Å². The van der Waals surface area contributed by atoms with Crippen LogP contribution in [0, 0.1) is 18.6 Å². The molecule has 0 amide bonds. The van der Waals surface area contributed by atoms with Gasteiger partial charge < -0.3 is 9.47 Å². The average molecular weight is 306 g/mol. The number of hydrogen-bond donors (Lipinski definition) is 0. The Morgan fingerprint density at radius 1 is 1.05 bits per heavy atom. The first-order valence-corrected chi connectivity index (χ1v) is 6.92. The normalized spacial score (nSPS) is 10.4. The van der Waals surface area contributed by atoms with Gasteiger partial charge in [0.25, 0.3) is 0 Å². The molecule has 0 saturated heterocycles. The second kappa shape index (κ2) is 7.02. The molecule has 0 aliphatic carbocycles.